The van der Waals surface area contributed by atoms with Gasteiger partial charge in [-0.25, -0.2) is 0 Å². The molecule has 0 radical (unpaired) electrons. The summed E-state index contributed by atoms with van der Waals surface area (Å²) >= 11 is 0. The molecule has 2 aromatic carbocycles. The molecule has 0 bridgehead atoms. The number of nitrogens with one attached hydrogen (secondary N) is 2. The van der Waals surface area contributed by atoms with Gasteiger partial charge in [0.2, 0.25) is 5.95 Å². The second kappa shape index (κ2) is 7.04. The molecule has 7 nitrogen and oxygen atoms in total. The van der Waals surface area contributed by atoms with E-state index in [1.165, 1.54) is 16.8 Å². The Labute approximate surface area is 163 Å². The number of allylic oxidation sites excluding steroid dienone is 1. The first-order valence-corrected chi connectivity index (χ1v) is 8.64. The third-order valence-electron chi connectivity index (χ3n) is 4.54. The van der Waals surface area contributed by atoms with Crippen molar-refractivity contribution in [3.8, 4) is 0 Å². The van der Waals surface area contributed by atoms with E-state index in [0.717, 1.165) is 12.1 Å². The van der Waals surface area contributed by atoms with Crippen molar-refractivity contribution in [3.63, 3.8) is 0 Å². The Balaban J connectivity index is 1.75. The fourth-order valence-electron chi connectivity index (χ4n) is 3.19. The number of para-hydroxylation sites is 1. The van der Waals surface area contributed by atoms with E-state index < -0.39 is 23.7 Å². The molecular formula is C19H15F3N6O. The molecule has 1 aliphatic heterocycles. The molecule has 3 aromatic rings. The average Bonchev–Trinajstić information content (AvgIpc) is 3.15. The molecule has 1 unspecified atom stereocenters. The van der Waals surface area contributed by atoms with Gasteiger partial charge in [-0.3, -0.25) is 4.79 Å². The fourth-order valence-corrected chi connectivity index (χ4v) is 3.19. The lowest BCUT2D eigenvalue weighted by Gasteiger charge is -2.28. The van der Waals surface area contributed by atoms with Crippen molar-refractivity contribution in [2.24, 2.45) is 0 Å². The number of amides is 1. The van der Waals surface area contributed by atoms with Crippen molar-refractivity contribution in [1.82, 2.24) is 20.2 Å². The van der Waals surface area contributed by atoms with Crippen LogP contribution in [0.4, 0.5) is 24.8 Å². The van der Waals surface area contributed by atoms with E-state index in [1.807, 2.05) is 6.07 Å². The molecule has 29 heavy (non-hydrogen) atoms. The summed E-state index contributed by atoms with van der Waals surface area (Å²) < 4.78 is 40.2. The maximum atomic E-state index is 13.0. The van der Waals surface area contributed by atoms with Gasteiger partial charge in [0.25, 0.3) is 5.91 Å². The molecule has 2 N–H and O–H groups in total. The van der Waals surface area contributed by atoms with Crippen molar-refractivity contribution in [2.75, 3.05) is 10.6 Å². The van der Waals surface area contributed by atoms with Crippen molar-refractivity contribution < 1.29 is 18.0 Å². The standard InChI is InChI=1S/C19H15F3N6O/c1-11-15(17(29)24-14-5-3-2-4-6-14)16(28-18(23-11)25-26-27-28)12-7-9-13(10-8-12)19(20,21)22/h2-10,16H,1H3,(H,24,29)(H,23,25,27). The average molecular weight is 400 g/mol. The summed E-state index contributed by atoms with van der Waals surface area (Å²) in [6.07, 6.45) is -4.45. The first-order chi connectivity index (χ1) is 13.8. The van der Waals surface area contributed by atoms with Crippen LogP contribution in [-0.4, -0.2) is 26.1 Å². The maximum absolute atomic E-state index is 13.0. The highest BCUT2D eigenvalue weighted by Gasteiger charge is 2.35. The topological polar surface area (TPSA) is 84.7 Å². The van der Waals surface area contributed by atoms with Crippen LogP contribution in [0.1, 0.15) is 24.1 Å². The summed E-state index contributed by atoms with van der Waals surface area (Å²) in [5.41, 5.74) is 1.07. The molecule has 0 aliphatic carbocycles. The zero-order valence-corrected chi connectivity index (χ0v) is 15.1. The van der Waals surface area contributed by atoms with Gasteiger partial charge in [-0.05, 0) is 47.2 Å². The number of hydrogen-bond donors (Lipinski definition) is 2. The summed E-state index contributed by atoms with van der Waals surface area (Å²) in [6, 6.07) is 12.7. The predicted molar refractivity (Wildman–Crippen MR) is 98.8 cm³/mol. The molecule has 0 spiro atoms. The molecule has 0 fully saturated rings. The number of hydrogen-bond acceptors (Lipinski definition) is 5. The molecule has 10 heteroatoms. The Kier molecular flexibility index (Phi) is 4.53. The number of alkyl halides is 3. The van der Waals surface area contributed by atoms with Crippen LogP contribution in [0.3, 0.4) is 0 Å². The first-order valence-electron chi connectivity index (χ1n) is 8.64. The van der Waals surface area contributed by atoms with Crippen LogP contribution in [0.25, 0.3) is 0 Å². The highest BCUT2D eigenvalue weighted by molar-refractivity contribution is 6.05. The first kappa shape index (κ1) is 18.7. The van der Waals surface area contributed by atoms with Crippen LogP contribution >= 0.6 is 0 Å². The Bertz CT molecular complexity index is 1070. The Hall–Kier alpha value is -3.69. The molecule has 1 aliphatic rings. The highest BCUT2D eigenvalue weighted by atomic mass is 19.4. The third kappa shape index (κ3) is 3.56. The van der Waals surface area contributed by atoms with Gasteiger partial charge >= 0.3 is 6.18 Å². The second-order valence-corrected chi connectivity index (χ2v) is 6.45. The summed E-state index contributed by atoms with van der Waals surface area (Å²) in [5, 5.41) is 17.1. The van der Waals surface area contributed by atoms with E-state index >= 15 is 0 Å². The normalized spacial score (nSPS) is 16.2. The van der Waals surface area contributed by atoms with Gasteiger partial charge < -0.3 is 10.6 Å². The second-order valence-electron chi connectivity index (χ2n) is 6.45. The Morgan fingerprint density at radius 3 is 2.45 bits per heavy atom. The molecule has 0 saturated carbocycles. The van der Waals surface area contributed by atoms with E-state index in [1.54, 1.807) is 31.2 Å². The monoisotopic (exact) mass is 400 g/mol. The van der Waals surface area contributed by atoms with Crippen LogP contribution < -0.4 is 10.6 Å². The van der Waals surface area contributed by atoms with Gasteiger partial charge in [0.1, 0.15) is 6.04 Å². The van der Waals surface area contributed by atoms with Gasteiger partial charge in [-0.2, -0.15) is 17.9 Å². The molecule has 1 atom stereocenters. The number of rotatable bonds is 3. The van der Waals surface area contributed by atoms with Crippen molar-refractivity contribution in [1.29, 1.82) is 0 Å². The number of tetrazole rings is 1. The lowest BCUT2D eigenvalue weighted by atomic mass is 9.94. The lowest BCUT2D eigenvalue weighted by Crippen LogP contribution is -2.31. The number of carbonyl (C=O) groups is 1. The van der Waals surface area contributed by atoms with Crippen LogP contribution in [0, 0.1) is 0 Å². The molecule has 1 amide bonds. The fraction of sp³-hybridized carbons (Fsp3) is 0.158. The minimum atomic E-state index is -4.45. The summed E-state index contributed by atoms with van der Waals surface area (Å²) in [5.74, 6) is -0.115. The van der Waals surface area contributed by atoms with E-state index in [2.05, 4.69) is 26.2 Å². The van der Waals surface area contributed by atoms with Gasteiger partial charge in [0.15, 0.2) is 0 Å². The predicted octanol–water partition coefficient (Wildman–Crippen LogP) is 3.62. The summed E-state index contributed by atoms with van der Waals surface area (Å²) in [6.45, 7) is 1.69. The number of benzene rings is 2. The molecule has 1 aromatic heterocycles. The SMILES string of the molecule is CC1=C(C(=O)Nc2ccccc2)C(c2ccc(C(F)(F)F)cc2)n2nnnc2N1. The number of halogens is 3. The molecule has 4 rings (SSSR count). The molecule has 148 valence electrons. The van der Waals surface area contributed by atoms with Gasteiger partial charge in [0.05, 0.1) is 11.1 Å². The molecule has 2 heterocycles. The Morgan fingerprint density at radius 1 is 1.10 bits per heavy atom. The van der Waals surface area contributed by atoms with Crippen LogP contribution in [0.2, 0.25) is 0 Å². The van der Waals surface area contributed by atoms with Gasteiger partial charge in [0, 0.05) is 11.4 Å². The number of nitrogens with zero attached hydrogens (tertiary/aromatic N) is 4. The number of anilines is 2. The zero-order chi connectivity index (χ0) is 20.6. The largest absolute Gasteiger partial charge is 0.416 e. The van der Waals surface area contributed by atoms with E-state index in [4.69, 9.17) is 0 Å². The maximum Gasteiger partial charge on any atom is 0.416 e. The highest BCUT2D eigenvalue weighted by Crippen LogP contribution is 2.36. The van der Waals surface area contributed by atoms with Crippen molar-refractivity contribution in [2.45, 2.75) is 19.1 Å². The van der Waals surface area contributed by atoms with Crippen molar-refractivity contribution in [3.05, 3.63) is 77.0 Å². The van der Waals surface area contributed by atoms with Gasteiger partial charge in [-0.15, -0.1) is 0 Å². The third-order valence-corrected chi connectivity index (χ3v) is 4.54. The van der Waals surface area contributed by atoms with Crippen LogP contribution in [0.15, 0.2) is 65.9 Å². The Morgan fingerprint density at radius 2 is 1.79 bits per heavy atom. The van der Waals surface area contributed by atoms with E-state index in [-0.39, 0.29) is 0 Å². The van der Waals surface area contributed by atoms with E-state index in [0.29, 0.717) is 28.5 Å². The summed E-state index contributed by atoms with van der Waals surface area (Å²) in [4.78, 5) is 13.0. The van der Waals surface area contributed by atoms with Crippen LogP contribution in [-0.2, 0) is 11.0 Å². The quantitative estimate of drug-likeness (QED) is 0.702. The molecular weight excluding hydrogens is 385 g/mol. The minimum absolute atomic E-state index is 0.295. The van der Waals surface area contributed by atoms with Crippen LogP contribution in [0.5, 0.6) is 0 Å². The summed E-state index contributed by atoms with van der Waals surface area (Å²) in [7, 11) is 0. The number of aromatic nitrogens is 4. The van der Waals surface area contributed by atoms with Gasteiger partial charge in [-0.1, -0.05) is 35.4 Å². The van der Waals surface area contributed by atoms with Crippen molar-refractivity contribution >= 4 is 17.5 Å². The zero-order valence-electron chi connectivity index (χ0n) is 15.1. The number of fused-ring (bicyclic) bond motifs is 1. The lowest BCUT2D eigenvalue weighted by molar-refractivity contribution is -0.137. The smallest absolute Gasteiger partial charge is 0.326 e. The number of carbonyl (C=O) groups excluding carboxylic acids is 1. The minimum Gasteiger partial charge on any atom is -0.326 e. The molecule has 0 saturated heterocycles. The van der Waals surface area contributed by atoms with E-state index in [9.17, 15) is 18.0 Å².